The van der Waals surface area contributed by atoms with Gasteiger partial charge in [0.2, 0.25) is 0 Å². The van der Waals surface area contributed by atoms with Crippen molar-refractivity contribution in [3.63, 3.8) is 0 Å². The number of aliphatic imine (C=N–C) groups is 1. The largest absolute Gasteiger partial charge is 0.304 e. The Bertz CT molecular complexity index is 1010. The van der Waals surface area contributed by atoms with Crippen molar-refractivity contribution >= 4 is 23.1 Å². The van der Waals surface area contributed by atoms with E-state index in [0.29, 0.717) is 18.0 Å². The Labute approximate surface area is 178 Å². The lowest BCUT2D eigenvalue weighted by atomic mass is 9.82. The lowest BCUT2D eigenvalue weighted by Gasteiger charge is -2.28. The van der Waals surface area contributed by atoms with E-state index in [4.69, 9.17) is 10.7 Å². The number of fused-ring (bicyclic) bond motifs is 1. The van der Waals surface area contributed by atoms with Gasteiger partial charge >= 0.3 is 0 Å². The summed E-state index contributed by atoms with van der Waals surface area (Å²) in [5.74, 6) is 0.0960. The van der Waals surface area contributed by atoms with Crippen LogP contribution in [0.5, 0.6) is 0 Å². The van der Waals surface area contributed by atoms with Crippen LogP contribution in [0.2, 0.25) is 0 Å². The van der Waals surface area contributed by atoms with E-state index in [1.807, 2.05) is 43.3 Å². The van der Waals surface area contributed by atoms with Crippen molar-refractivity contribution in [3.8, 4) is 0 Å². The zero-order valence-electron chi connectivity index (χ0n) is 17.7. The van der Waals surface area contributed by atoms with E-state index in [1.165, 1.54) is 19.3 Å². The predicted octanol–water partition coefficient (Wildman–Crippen LogP) is 4.40. The van der Waals surface area contributed by atoms with Gasteiger partial charge in [0, 0.05) is 22.8 Å². The molecule has 0 spiro atoms. The minimum Gasteiger partial charge on any atom is -0.304 e. The number of carbonyl (C=O) groups is 2. The van der Waals surface area contributed by atoms with Crippen molar-refractivity contribution in [2.45, 2.75) is 58.7 Å². The Balaban J connectivity index is 1.82. The second kappa shape index (κ2) is 8.52. The number of nitrogens with zero attached hydrogens (tertiary/aromatic N) is 2. The number of rotatable bonds is 4. The fourth-order valence-corrected chi connectivity index (χ4v) is 4.80. The van der Waals surface area contributed by atoms with E-state index in [9.17, 15) is 9.59 Å². The van der Waals surface area contributed by atoms with Crippen LogP contribution in [0.1, 0.15) is 66.1 Å². The molecule has 0 aromatic heterocycles. The first-order valence-electron chi connectivity index (χ1n) is 10.8. The molecule has 2 aromatic carbocycles. The number of anilines is 1. The Kier molecular flexibility index (Phi) is 5.82. The first kappa shape index (κ1) is 20.5. The molecule has 0 unspecified atom stereocenters. The fourth-order valence-electron chi connectivity index (χ4n) is 4.80. The summed E-state index contributed by atoms with van der Waals surface area (Å²) in [5.41, 5.74) is 11.6. The van der Waals surface area contributed by atoms with E-state index < -0.39 is 6.17 Å². The van der Waals surface area contributed by atoms with Crippen molar-refractivity contribution in [2.24, 2.45) is 16.6 Å². The second-order valence-electron chi connectivity index (χ2n) is 8.40. The van der Waals surface area contributed by atoms with Crippen molar-refractivity contribution in [2.75, 3.05) is 4.90 Å². The number of aryl methyl sites for hydroxylation is 1. The third kappa shape index (κ3) is 3.82. The molecule has 0 saturated heterocycles. The molecule has 5 nitrogen and oxygen atoms in total. The maximum atomic E-state index is 13.4. The van der Waals surface area contributed by atoms with Gasteiger partial charge in [0.1, 0.15) is 0 Å². The van der Waals surface area contributed by atoms with Crippen molar-refractivity contribution in [1.29, 1.82) is 0 Å². The van der Waals surface area contributed by atoms with Gasteiger partial charge in [-0.15, -0.1) is 0 Å². The molecule has 30 heavy (non-hydrogen) atoms. The van der Waals surface area contributed by atoms with E-state index in [2.05, 4.69) is 6.07 Å². The number of carbonyl (C=O) groups excluding carboxylic acids is 2. The summed E-state index contributed by atoms with van der Waals surface area (Å²) >= 11 is 0. The SMILES string of the molecule is CC(=O)c1ccccc1CN1C(=O)[C@@H](N)N=C(C2CCCCC2)c2cccc(C)c21. The highest BCUT2D eigenvalue weighted by Gasteiger charge is 2.34. The normalized spacial score (nSPS) is 19.8. The van der Waals surface area contributed by atoms with Crippen LogP contribution in [0, 0.1) is 12.8 Å². The Morgan fingerprint density at radius 2 is 1.83 bits per heavy atom. The van der Waals surface area contributed by atoms with E-state index in [0.717, 1.165) is 40.9 Å². The molecule has 2 aliphatic rings. The third-order valence-electron chi connectivity index (χ3n) is 6.30. The van der Waals surface area contributed by atoms with Crippen LogP contribution in [-0.2, 0) is 11.3 Å². The average molecular weight is 404 g/mol. The van der Waals surface area contributed by atoms with Crippen LogP contribution in [-0.4, -0.2) is 23.6 Å². The van der Waals surface area contributed by atoms with Gasteiger partial charge in [0.05, 0.1) is 12.2 Å². The number of benzene rings is 2. The second-order valence-corrected chi connectivity index (χ2v) is 8.40. The summed E-state index contributed by atoms with van der Waals surface area (Å²) in [7, 11) is 0. The fraction of sp³-hybridized carbons (Fsp3) is 0.400. The number of benzodiazepines with no additional fused rings is 1. The zero-order chi connectivity index (χ0) is 21.3. The zero-order valence-corrected chi connectivity index (χ0v) is 17.7. The molecule has 1 amide bonds. The Hall–Kier alpha value is -2.79. The molecule has 1 heterocycles. The van der Waals surface area contributed by atoms with Gasteiger partial charge < -0.3 is 10.6 Å². The van der Waals surface area contributed by atoms with Crippen molar-refractivity contribution in [3.05, 3.63) is 64.7 Å². The molecule has 1 atom stereocenters. The molecular formula is C25H29N3O2. The number of para-hydroxylation sites is 1. The van der Waals surface area contributed by atoms with Gasteiger partial charge in [-0.2, -0.15) is 0 Å². The third-order valence-corrected chi connectivity index (χ3v) is 6.30. The summed E-state index contributed by atoms with van der Waals surface area (Å²) in [6, 6.07) is 13.6. The molecule has 156 valence electrons. The lowest BCUT2D eigenvalue weighted by molar-refractivity contribution is -0.119. The van der Waals surface area contributed by atoms with E-state index in [1.54, 1.807) is 11.8 Å². The summed E-state index contributed by atoms with van der Waals surface area (Å²) in [6.45, 7) is 3.87. The number of amides is 1. The Morgan fingerprint density at radius 3 is 2.57 bits per heavy atom. The summed E-state index contributed by atoms with van der Waals surface area (Å²) in [4.78, 5) is 32.0. The summed E-state index contributed by atoms with van der Waals surface area (Å²) in [6.07, 6.45) is 4.86. The highest BCUT2D eigenvalue weighted by molar-refractivity contribution is 6.14. The van der Waals surface area contributed by atoms with Crippen LogP contribution in [0.3, 0.4) is 0 Å². The predicted molar refractivity (Wildman–Crippen MR) is 120 cm³/mol. The maximum absolute atomic E-state index is 13.4. The monoisotopic (exact) mass is 403 g/mol. The first-order valence-corrected chi connectivity index (χ1v) is 10.8. The van der Waals surface area contributed by atoms with Gasteiger partial charge in [0.15, 0.2) is 11.9 Å². The van der Waals surface area contributed by atoms with Gasteiger partial charge in [-0.3, -0.25) is 14.6 Å². The van der Waals surface area contributed by atoms with Crippen LogP contribution in [0.15, 0.2) is 47.5 Å². The number of Topliss-reactive ketones (excluding diaryl/α,β-unsaturated/α-hetero) is 1. The molecule has 4 rings (SSSR count). The molecule has 2 N–H and O–H groups in total. The minimum atomic E-state index is -0.932. The lowest BCUT2D eigenvalue weighted by Crippen LogP contribution is -2.42. The summed E-state index contributed by atoms with van der Waals surface area (Å²) < 4.78 is 0. The first-order chi connectivity index (χ1) is 14.5. The molecular weight excluding hydrogens is 374 g/mol. The smallest absolute Gasteiger partial charge is 0.266 e. The average Bonchev–Trinajstić information content (AvgIpc) is 2.86. The number of nitrogens with two attached hydrogens (primary N) is 1. The minimum absolute atomic E-state index is 0.0127. The molecule has 1 aliphatic heterocycles. The van der Waals surface area contributed by atoms with Crippen molar-refractivity contribution in [1.82, 2.24) is 0 Å². The van der Waals surface area contributed by atoms with Gasteiger partial charge in [-0.1, -0.05) is 61.7 Å². The summed E-state index contributed by atoms with van der Waals surface area (Å²) in [5, 5.41) is 0. The van der Waals surface area contributed by atoms with Crippen LogP contribution in [0.25, 0.3) is 0 Å². The standard InChI is InChI=1S/C25H29N3O2/c1-16-9-8-14-21-22(18-10-4-3-5-11-18)27-24(26)25(30)28(23(16)21)15-19-12-6-7-13-20(19)17(2)29/h6-9,12-14,18,24H,3-5,10-11,15,26H2,1-2H3/t24-/m0/s1. The van der Waals surface area contributed by atoms with E-state index in [-0.39, 0.29) is 11.7 Å². The molecule has 1 aliphatic carbocycles. The maximum Gasteiger partial charge on any atom is 0.266 e. The topological polar surface area (TPSA) is 75.8 Å². The van der Waals surface area contributed by atoms with Crippen molar-refractivity contribution < 1.29 is 9.59 Å². The molecule has 5 heteroatoms. The van der Waals surface area contributed by atoms with E-state index >= 15 is 0 Å². The number of hydrogen-bond donors (Lipinski definition) is 1. The molecule has 1 fully saturated rings. The van der Waals surface area contributed by atoms with Crippen LogP contribution in [0.4, 0.5) is 5.69 Å². The number of ketones is 1. The van der Waals surface area contributed by atoms with Gasteiger partial charge in [-0.25, -0.2) is 0 Å². The quantitative estimate of drug-likeness (QED) is 0.769. The number of hydrogen-bond acceptors (Lipinski definition) is 4. The molecule has 0 radical (unpaired) electrons. The van der Waals surface area contributed by atoms with Crippen LogP contribution >= 0.6 is 0 Å². The van der Waals surface area contributed by atoms with Gasteiger partial charge in [-0.05, 0) is 37.8 Å². The van der Waals surface area contributed by atoms with Crippen LogP contribution < -0.4 is 10.6 Å². The molecule has 0 bridgehead atoms. The highest BCUT2D eigenvalue weighted by atomic mass is 16.2. The molecule has 1 saturated carbocycles. The van der Waals surface area contributed by atoms with Gasteiger partial charge in [0.25, 0.3) is 5.91 Å². The highest BCUT2D eigenvalue weighted by Crippen LogP contribution is 2.36. The molecule has 2 aromatic rings. The Morgan fingerprint density at radius 1 is 1.10 bits per heavy atom.